The Labute approximate surface area is 103 Å². The van der Waals surface area contributed by atoms with Crippen molar-refractivity contribution >= 4 is 5.69 Å². The van der Waals surface area contributed by atoms with Crippen LogP contribution in [0.4, 0.5) is 5.69 Å². The Balaban J connectivity index is 2.24. The molecule has 1 fully saturated rings. The molecule has 3 nitrogen and oxygen atoms in total. The second kappa shape index (κ2) is 5.52. The highest BCUT2D eigenvalue weighted by Gasteiger charge is 2.23. The number of anilines is 1. The summed E-state index contributed by atoms with van der Waals surface area (Å²) in [4.78, 5) is 2.41. The van der Waals surface area contributed by atoms with Crippen molar-refractivity contribution in [1.82, 2.24) is 5.32 Å². The molecule has 0 radical (unpaired) electrons. The monoisotopic (exact) mass is 234 g/mol. The Kier molecular flexibility index (Phi) is 4.02. The van der Waals surface area contributed by atoms with Crippen molar-refractivity contribution in [1.29, 1.82) is 0 Å². The van der Waals surface area contributed by atoms with Crippen molar-refractivity contribution in [2.45, 2.75) is 32.4 Å². The van der Waals surface area contributed by atoms with Crippen molar-refractivity contribution in [2.75, 3.05) is 24.6 Å². The predicted octanol–water partition coefficient (Wildman–Crippen LogP) is 1.54. The van der Waals surface area contributed by atoms with Gasteiger partial charge in [-0.05, 0) is 38.4 Å². The molecule has 2 unspecified atom stereocenters. The van der Waals surface area contributed by atoms with Crippen LogP contribution in [0.15, 0.2) is 24.3 Å². The van der Waals surface area contributed by atoms with E-state index in [1.807, 2.05) is 0 Å². The summed E-state index contributed by atoms with van der Waals surface area (Å²) in [6.45, 7) is 6.47. The van der Waals surface area contributed by atoms with Crippen LogP contribution in [0.2, 0.25) is 0 Å². The van der Waals surface area contributed by atoms with Crippen LogP contribution in [-0.2, 0) is 0 Å². The van der Waals surface area contributed by atoms with E-state index in [9.17, 15) is 5.11 Å². The van der Waals surface area contributed by atoms with Gasteiger partial charge in [0.05, 0.1) is 6.61 Å². The number of aliphatic hydroxyl groups is 1. The normalized spacial score (nSPS) is 25.7. The van der Waals surface area contributed by atoms with Crippen LogP contribution in [0.25, 0.3) is 0 Å². The highest BCUT2D eigenvalue weighted by atomic mass is 16.3. The summed E-state index contributed by atoms with van der Waals surface area (Å²) in [5.74, 6) is 0. The lowest BCUT2D eigenvalue weighted by molar-refractivity contribution is 0.248. The standard InChI is InChI=1S/C14H22N2O/c1-11-5-3-4-6-14(11)16-9-13(10-17)15-8-7-12(16)2/h3-6,12-13,15,17H,7-10H2,1-2H3. The Morgan fingerprint density at radius 1 is 1.41 bits per heavy atom. The first-order valence-corrected chi connectivity index (χ1v) is 6.39. The van der Waals surface area contributed by atoms with Crippen LogP contribution in [0.5, 0.6) is 0 Å². The minimum Gasteiger partial charge on any atom is -0.395 e. The zero-order chi connectivity index (χ0) is 12.3. The fourth-order valence-corrected chi connectivity index (χ4v) is 2.48. The molecule has 1 aromatic carbocycles. The second-order valence-electron chi connectivity index (χ2n) is 4.91. The topological polar surface area (TPSA) is 35.5 Å². The third kappa shape index (κ3) is 2.79. The molecule has 2 rings (SSSR count). The molecule has 1 heterocycles. The highest BCUT2D eigenvalue weighted by Crippen LogP contribution is 2.24. The summed E-state index contributed by atoms with van der Waals surface area (Å²) in [6.07, 6.45) is 1.12. The first kappa shape index (κ1) is 12.4. The van der Waals surface area contributed by atoms with Gasteiger partial charge in [0.25, 0.3) is 0 Å². The number of benzene rings is 1. The lowest BCUT2D eigenvalue weighted by atomic mass is 10.1. The summed E-state index contributed by atoms with van der Waals surface area (Å²) in [6, 6.07) is 9.17. The van der Waals surface area contributed by atoms with Crippen molar-refractivity contribution < 1.29 is 5.11 Å². The van der Waals surface area contributed by atoms with Gasteiger partial charge in [-0.2, -0.15) is 0 Å². The molecule has 0 bridgehead atoms. The first-order chi connectivity index (χ1) is 8.22. The Morgan fingerprint density at radius 2 is 2.18 bits per heavy atom. The molecule has 2 N–H and O–H groups in total. The molecular formula is C14H22N2O. The summed E-state index contributed by atoms with van der Waals surface area (Å²) in [5.41, 5.74) is 2.60. The van der Waals surface area contributed by atoms with E-state index < -0.39 is 0 Å². The van der Waals surface area contributed by atoms with Crippen molar-refractivity contribution in [3.8, 4) is 0 Å². The SMILES string of the molecule is Cc1ccccc1N1CC(CO)NCCC1C. The molecule has 2 atom stereocenters. The van der Waals surface area contributed by atoms with Crippen molar-refractivity contribution in [2.24, 2.45) is 0 Å². The molecule has 0 aromatic heterocycles. The van der Waals surface area contributed by atoms with E-state index in [1.54, 1.807) is 0 Å². The molecular weight excluding hydrogens is 212 g/mol. The molecule has 1 aromatic rings. The minimum absolute atomic E-state index is 0.180. The van der Waals surface area contributed by atoms with Gasteiger partial charge in [-0.1, -0.05) is 18.2 Å². The quantitative estimate of drug-likeness (QED) is 0.815. The minimum atomic E-state index is 0.180. The molecule has 0 aliphatic carbocycles. The number of rotatable bonds is 2. The van der Waals surface area contributed by atoms with Gasteiger partial charge >= 0.3 is 0 Å². The maximum atomic E-state index is 9.35. The largest absolute Gasteiger partial charge is 0.395 e. The van der Waals surface area contributed by atoms with Gasteiger partial charge in [-0.15, -0.1) is 0 Å². The number of nitrogens with one attached hydrogen (secondary N) is 1. The van der Waals surface area contributed by atoms with Gasteiger partial charge in [0.1, 0.15) is 0 Å². The average Bonchev–Trinajstić information content (AvgIpc) is 2.52. The Bertz CT molecular complexity index is 367. The van der Waals surface area contributed by atoms with Gasteiger partial charge in [-0.25, -0.2) is 0 Å². The molecule has 1 aliphatic rings. The van der Waals surface area contributed by atoms with Crippen LogP contribution in [0, 0.1) is 6.92 Å². The van der Waals surface area contributed by atoms with Crippen molar-refractivity contribution in [3.63, 3.8) is 0 Å². The third-order valence-electron chi connectivity index (χ3n) is 3.59. The van der Waals surface area contributed by atoms with E-state index >= 15 is 0 Å². The highest BCUT2D eigenvalue weighted by molar-refractivity contribution is 5.54. The Hall–Kier alpha value is -1.06. The number of hydrogen-bond donors (Lipinski definition) is 2. The van der Waals surface area contributed by atoms with Gasteiger partial charge in [-0.3, -0.25) is 0 Å². The maximum absolute atomic E-state index is 9.35. The van der Waals surface area contributed by atoms with E-state index in [0.29, 0.717) is 6.04 Å². The molecule has 17 heavy (non-hydrogen) atoms. The van der Waals surface area contributed by atoms with Crippen LogP contribution in [-0.4, -0.2) is 36.9 Å². The number of nitrogens with zero attached hydrogens (tertiary/aromatic N) is 1. The van der Waals surface area contributed by atoms with E-state index in [0.717, 1.165) is 19.5 Å². The molecule has 1 saturated heterocycles. The molecule has 0 spiro atoms. The summed E-state index contributed by atoms with van der Waals surface area (Å²) >= 11 is 0. The number of aliphatic hydroxyl groups excluding tert-OH is 1. The molecule has 1 aliphatic heterocycles. The van der Waals surface area contributed by atoms with Crippen LogP contribution < -0.4 is 10.2 Å². The molecule has 3 heteroatoms. The molecule has 0 saturated carbocycles. The van der Waals surface area contributed by atoms with Gasteiger partial charge in [0.2, 0.25) is 0 Å². The predicted molar refractivity (Wildman–Crippen MR) is 71.5 cm³/mol. The van der Waals surface area contributed by atoms with E-state index in [1.165, 1.54) is 11.3 Å². The summed E-state index contributed by atoms with van der Waals surface area (Å²) in [7, 11) is 0. The second-order valence-corrected chi connectivity index (χ2v) is 4.91. The average molecular weight is 234 g/mol. The van der Waals surface area contributed by atoms with E-state index in [4.69, 9.17) is 0 Å². The van der Waals surface area contributed by atoms with Crippen LogP contribution >= 0.6 is 0 Å². The molecule has 94 valence electrons. The molecule has 0 amide bonds. The lowest BCUT2D eigenvalue weighted by Crippen LogP contribution is -2.42. The van der Waals surface area contributed by atoms with E-state index in [2.05, 4.69) is 48.3 Å². The van der Waals surface area contributed by atoms with Gasteiger partial charge in [0, 0.05) is 24.3 Å². The first-order valence-electron chi connectivity index (χ1n) is 6.39. The number of para-hydroxylation sites is 1. The van der Waals surface area contributed by atoms with Gasteiger partial charge < -0.3 is 15.3 Å². The number of aryl methyl sites for hydroxylation is 1. The van der Waals surface area contributed by atoms with Gasteiger partial charge in [0.15, 0.2) is 0 Å². The summed E-state index contributed by atoms with van der Waals surface area (Å²) < 4.78 is 0. The zero-order valence-electron chi connectivity index (χ0n) is 10.7. The van der Waals surface area contributed by atoms with Crippen LogP contribution in [0.3, 0.4) is 0 Å². The third-order valence-corrected chi connectivity index (χ3v) is 3.59. The fourth-order valence-electron chi connectivity index (χ4n) is 2.48. The zero-order valence-corrected chi connectivity index (χ0v) is 10.7. The Morgan fingerprint density at radius 3 is 2.88 bits per heavy atom. The maximum Gasteiger partial charge on any atom is 0.0601 e. The van der Waals surface area contributed by atoms with E-state index in [-0.39, 0.29) is 12.6 Å². The smallest absolute Gasteiger partial charge is 0.0601 e. The summed E-state index contributed by atoms with van der Waals surface area (Å²) in [5, 5.41) is 12.7. The van der Waals surface area contributed by atoms with Crippen molar-refractivity contribution in [3.05, 3.63) is 29.8 Å². The lowest BCUT2D eigenvalue weighted by Gasteiger charge is -2.32. The van der Waals surface area contributed by atoms with Crippen LogP contribution in [0.1, 0.15) is 18.9 Å². The number of hydrogen-bond acceptors (Lipinski definition) is 3. The fraction of sp³-hybridized carbons (Fsp3) is 0.571.